The molecule has 1 heterocycles. The molecule has 1 aliphatic heterocycles. The predicted octanol–water partition coefficient (Wildman–Crippen LogP) is 3.69. The Morgan fingerprint density at radius 1 is 1.32 bits per heavy atom. The van der Waals surface area contributed by atoms with E-state index in [2.05, 4.69) is 0 Å². The molecule has 1 aromatic rings. The minimum Gasteiger partial charge on any atom is -0.444 e. The summed E-state index contributed by atoms with van der Waals surface area (Å²) >= 11 is 0. The molecule has 0 aliphatic carbocycles. The predicted molar refractivity (Wildman–Crippen MR) is 85.0 cm³/mol. The highest BCUT2D eigenvalue weighted by molar-refractivity contribution is 6.05. The van der Waals surface area contributed by atoms with Crippen molar-refractivity contribution in [1.29, 1.82) is 0 Å². The fourth-order valence-electron chi connectivity index (χ4n) is 2.35. The first-order valence-electron chi connectivity index (χ1n) is 7.47. The van der Waals surface area contributed by atoms with Gasteiger partial charge in [0.1, 0.15) is 6.61 Å². The molecule has 1 atom stereocenters. The molecule has 116 valence electrons. The van der Waals surface area contributed by atoms with Crippen LogP contribution in [0.3, 0.4) is 0 Å². The van der Waals surface area contributed by atoms with E-state index in [9.17, 15) is 9.59 Å². The lowest BCUT2D eigenvalue weighted by atomic mass is 10.0. The van der Waals surface area contributed by atoms with Gasteiger partial charge in [-0.25, -0.2) is 4.79 Å². The first-order chi connectivity index (χ1) is 10.6. The number of ketones is 1. The molecule has 1 unspecified atom stereocenters. The van der Waals surface area contributed by atoms with Crippen molar-refractivity contribution < 1.29 is 14.3 Å². The van der Waals surface area contributed by atoms with Gasteiger partial charge in [0.05, 0.1) is 5.70 Å². The number of benzene rings is 1. The average molecular weight is 299 g/mol. The Morgan fingerprint density at radius 2 is 2.05 bits per heavy atom. The number of amides is 1. The van der Waals surface area contributed by atoms with Crippen LogP contribution in [0.15, 0.2) is 54.3 Å². The molecule has 22 heavy (non-hydrogen) atoms. The molecule has 2 rings (SSSR count). The fourth-order valence-corrected chi connectivity index (χ4v) is 2.35. The Labute approximate surface area is 131 Å². The average Bonchev–Trinajstić information content (AvgIpc) is 2.53. The number of ether oxygens (including phenoxy) is 1. The molecule has 0 saturated carbocycles. The maximum Gasteiger partial charge on any atom is 0.414 e. The Morgan fingerprint density at radius 3 is 2.73 bits per heavy atom. The summed E-state index contributed by atoms with van der Waals surface area (Å²) in [7, 11) is 0. The minimum atomic E-state index is -0.473. The third-order valence-corrected chi connectivity index (χ3v) is 3.49. The summed E-state index contributed by atoms with van der Waals surface area (Å²) in [6.45, 7) is 4.53. The zero-order chi connectivity index (χ0) is 15.9. The number of carbonyl (C=O) groups is 2. The van der Waals surface area contributed by atoms with E-state index in [1.165, 1.54) is 11.0 Å². The summed E-state index contributed by atoms with van der Waals surface area (Å²) in [4.78, 5) is 25.9. The normalized spacial score (nSPS) is 18.2. The molecule has 4 heteroatoms. The quantitative estimate of drug-likeness (QED) is 0.796. The van der Waals surface area contributed by atoms with Gasteiger partial charge in [-0.2, -0.15) is 0 Å². The highest BCUT2D eigenvalue weighted by Gasteiger charge is 2.28. The van der Waals surface area contributed by atoms with E-state index in [4.69, 9.17) is 4.74 Å². The van der Waals surface area contributed by atoms with E-state index in [0.717, 1.165) is 12.0 Å². The minimum absolute atomic E-state index is 0.161. The van der Waals surface area contributed by atoms with Gasteiger partial charge in [0.15, 0.2) is 0 Å². The van der Waals surface area contributed by atoms with Crippen LogP contribution in [0.2, 0.25) is 0 Å². The maximum absolute atomic E-state index is 12.3. The van der Waals surface area contributed by atoms with Gasteiger partial charge in [0, 0.05) is 6.54 Å². The highest BCUT2D eigenvalue weighted by Crippen LogP contribution is 2.22. The molecule has 0 fully saturated rings. The van der Waals surface area contributed by atoms with Gasteiger partial charge < -0.3 is 4.74 Å². The van der Waals surface area contributed by atoms with E-state index < -0.39 is 6.09 Å². The summed E-state index contributed by atoms with van der Waals surface area (Å²) in [5.74, 6) is 0.150. The second-order valence-corrected chi connectivity index (χ2v) is 5.45. The SMILES string of the molecule is C/C=C/C(=O)C1=CCC(C)CN1C(=O)OCc1ccccc1. The van der Waals surface area contributed by atoms with Crippen molar-refractivity contribution in [2.45, 2.75) is 26.9 Å². The lowest BCUT2D eigenvalue weighted by molar-refractivity contribution is -0.112. The van der Waals surface area contributed by atoms with Gasteiger partial charge in [0.25, 0.3) is 0 Å². The lowest BCUT2D eigenvalue weighted by Gasteiger charge is -2.30. The number of nitrogens with zero attached hydrogens (tertiary/aromatic N) is 1. The number of allylic oxidation sites excluding steroid dienone is 3. The number of hydrogen-bond acceptors (Lipinski definition) is 3. The Kier molecular flexibility index (Phi) is 5.53. The van der Waals surface area contributed by atoms with E-state index in [-0.39, 0.29) is 12.4 Å². The summed E-state index contributed by atoms with van der Waals surface area (Å²) in [5.41, 5.74) is 1.33. The maximum atomic E-state index is 12.3. The molecule has 1 amide bonds. The van der Waals surface area contributed by atoms with Crippen LogP contribution in [-0.4, -0.2) is 23.3 Å². The monoisotopic (exact) mass is 299 g/mol. The Bertz CT molecular complexity index is 590. The van der Waals surface area contributed by atoms with Crippen LogP contribution in [0.4, 0.5) is 4.79 Å². The molecule has 4 nitrogen and oxygen atoms in total. The van der Waals surface area contributed by atoms with Crippen LogP contribution in [0.5, 0.6) is 0 Å². The molecule has 1 aliphatic rings. The van der Waals surface area contributed by atoms with Crippen LogP contribution < -0.4 is 0 Å². The number of carbonyl (C=O) groups excluding carboxylic acids is 2. The number of hydrogen-bond donors (Lipinski definition) is 0. The van der Waals surface area contributed by atoms with Gasteiger partial charge in [-0.1, -0.05) is 49.4 Å². The topological polar surface area (TPSA) is 46.6 Å². The summed E-state index contributed by atoms with van der Waals surface area (Å²) in [6, 6.07) is 9.50. The Hall–Kier alpha value is -2.36. The second-order valence-electron chi connectivity index (χ2n) is 5.45. The summed E-state index contributed by atoms with van der Waals surface area (Å²) < 4.78 is 5.34. The van der Waals surface area contributed by atoms with Crippen LogP contribution >= 0.6 is 0 Å². The van der Waals surface area contributed by atoms with Crippen LogP contribution in [0.25, 0.3) is 0 Å². The van der Waals surface area contributed by atoms with Crippen molar-refractivity contribution in [3.8, 4) is 0 Å². The highest BCUT2D eigenvalue weighted by atomic mass is 16.6. The number of rotatable bonds is 4. The van der Waals surface area contributed by atoms with Gasteiger partial charge >= 0.3 is 6.09 Å². The van der Waals surface area contributed by atoms with Crippen LogP contribution in [0, 0.1) is 5.92 Å². The van der Waals surface area contributed by atoms with Gasteiger partial charge in [-0.3, -0.25) is 9.69 Å². The summed E-state index contributed by atoms with van der Waals surface area (Å²) in [6.07, 6.45) is 5.29. The zero-order valence-corrected chi connectivity index (χ0v) is 13.0. The Balaban J connectivity index is 2.06. The fraction of sp³-hybridized carbons (Fsp3) is 0.333. The first-order valence-corrected chi connectivity index (χ1v) is 7.47. The van der Waals surface area contributed by atoms with Crippen molar-refractivity contribution >= 4 is 11.9 Å². The zero-order valence-electron chi connectivity index (χ0n) is 13.0. The van der Waals surface area contributed by atoms with Crippen molar-refractivity contribution in [3.05, 3.63) is 59.8 Å². The van der Waals surface area contributed by atoms with Crippen molar-refractivity contribution in [2.75, 3.05) is 6.54 Å². The molecule has 0 bridgehead atoms. The molecule has 0 radical (unpaired) electrons. The molecule has 0 aromatic heterocycles. The first kappa shape index (κ1) is 16.0. The molecule has 1 aromatic carbocycles. The van der Waals surface area contributed by atoms with E-state index >= 15 is 0 Å². The van der Waals surface area contributed by atoms with Gasteiger partial charge in [-0.15, -0.1) is 0 Å². The lowest BCUT2D eigenvalue weighted by Crippen LogP contribution is -2.39. The molecule has 0 spiro atoms. The molecule has 0 saturated heterocycles. The smallest absolute Gasteiger partial charge is 0.414 e. The largest absolute Gasteiger partial charge is 0.444 e. The van der Waals surface area contributed by atoms with E-state index in [1.54, 1.807) is 13.0 Å². The van der Waals surface area contributed by atoms with Gasteiger partial charge in [-0.05, 0) is 30.9 Å². The standard InChI is InChI=1S/C18H21NO3/c1-3-7-17(20)16-11-10-14(2)12-19(16)18(21)22-13-15-8-5-4-6-9-15/h3-9,11,14H,10,12-13H2,1-2H3/b7-3+. The van der Waals surface area contributed by atoms with Gasteiger partial charge in [0.2, 0.25) is 5.78 Å². The van der Waals surface area contributed by atoms with Crippen LogP contribution in [-0.2, 0) is 16.1 Å². The molecule has 0 N–H and O–H groups in total. The third kappa shape index (κ3) is 4.07. The third-order valence-electron chi connectivity index (χ3n) is 3.49. The van der Waals surface area contributed by atoms with Crippen molar-refractivity contribution in [3.63, 3.8) is 0 Å². The van der Waals surface area contributed by atoms with Crippen LogP contribution in [0.1, 0.15) is 25.8 Å². The second kappa shape index (κ2) is 7.59. The molecular formula is C18H21NO3. The van der Waals surface area contributed by atoms with Crippen molar-refractivity contribution in [2.24, 2.45) is 5.92 Å². The molecular weight excluding hydrogens is 278 g/mol. The van der Waals surface area contributed by atoms with E-state index in [0.29, 0.717) is 18.2 Å². The van der Waals surface area contributed by atoms with Crippen molar-refractivity contribution in [1.82, 2.24) is 4.90 Å². The summed E-state index contributed by atoms with van der Waals surface area (Å²) in [5, 5.41) is 0. The van der Waals surface area contributed by atoms with E-state index in [1.807, 2.05) is 43.3 Å².